The highest BCUT2D eigenvalue weighted by atomic mass is 32.2. The van der Waals surface area contributed by atoms with Gasteiger partial charge in [0.05, 0.1) is 17.6 Å². The standard InChI is InChI=1S/C17H16FN3O7S/c1-20(2)10-19-29(25,26)15-9-11(17(22)27-3)8-14(21(23)24)16(15)28-13-6-4-12(18)5-7-13/h4-10H,1-3H3/b19-10+. The summed E-state index contributed by atoms with van der Waals surface area (Å²) in [6.07, 6.45) is 0.966. The number of benzene rings is 2. The van der Waals surface area contributed by atoms with Crippen molar-refractivity contribution in [3.05, 3.63) is 57.9 Å². The van der Waals surface area contributed by atoms with Crippen molar-refractivity contribution >= 4 is 28.0 Å². The Morgan fingerprint density at radius 1 is 1.24 bits per heavy atom. The van der Waals surface area contributed by atoms with Crippen molar-refractivity contribution in [2.24, 2.45) is 4.40 Å². The van der Waals surface area contributed by atoms with Crippen LogP contribution in [0.25, 0.3) is 0 Å². The Morgan fingerprint density at radius 3 is 2.38 bits per heavy atom. The summed E-state index contributed by atoms with van der Waals surface area (Å²) in [5, 5.41) is 11.5. The predicted molar refractivity (Wildman–Crippen MR) is 100 cm³/mol. The smallest absolute Gasteiger partial charge is 0.338 e. The molecule has 0 N–H and O–H groups in total. The molecular formula is C17H16FN3O7S. The minimum Gasteiger partial charge on any atom is -0.465 e. The second kappa shape index (κ2) is 8.65. The molecule has 0 saturated carbocycles. The molecule has 0 bridgehead atoms. The van der Waals surface area contributed by atoms with Gasteiger partial charge in [-0.2, -0.15) is 8.42 Å². The number of carbonyl (C=O) groups excluding carboxylic acids is 1. The Bertz CT molecular complexity index is 1070. The van der Waals surface area contributed by atoms with Crippen LogP contribution in [0.4, 0.5) is 10.1 Å². The van der Waals surface area contributed by atoms with E-state index in [9.17, 15) is 27.7 Å². The van der Waals surface area contributed by atoms with Gasteiger partial charge in [-0.1, -0.05) is 0 Å². The van der Waals surface area contributed by atoms with Crippen molar-refractivity contribution in [3.63, 3.8) is 0 Å². The van der Waals surface area contributed by atoms with Crippen LogP contribution in [0.1, 0.15) is 10.4 Å². The molecule has 0 amide bonds. The maximum atomic E-state index is 13.1. The fourth-order valence-corrected chi connectivity index (χ4v) is 3.17. The van der Waals surface area contributed by atoms with Crippen molar-refractivity contribution < 1.29 is 32.0 Å². The van der Waals surface area contributed by atoms with Crippen LogP contribution in [0.5, 0.6) is 11.5 Å². The second-order valence-corrected chi connectivity index (χ2v) is 7.39. The number of carbonyl (C=O) groups is 1. The summed E-state index contributed by atoms with van der Waals surface area (Å²) >= 11 is 0. The fourth-order valence-electron chi connectivity index (χ4n) is 2.09. The van der Waals surface area contributed by atoms with E-state index in [4.69, 9.17) is 4.74 Å². The average Bonchev–Trinajstić information content (AvgIpc) is 2.67. The predicted octanol–water partition coefficient (Wildman–Crippen LogP) is 2.59. The number of rotatable bonds is 7. The summed E-state index contributed by atoms with van der Waals surface area (Å²) < 4.78 is 51.9. The van der Waals surface area contributed by atoms with Crippen LogP contribution >= 0.6 is 0 Å². The quantitative estimate of drug-likeness (QED) is 0.218. The largest absolute Gasteiger partial charge is 0.465 e. The first-order valence-electron chi connectivity index (χ1n) is 7.86. The third-order valence-corrected chi connectivity index (χ3v) is 4.61. The van der Waals surface area contributed by atoms with E-state index in [-0.39, 0.29) is 11.3 Å². The second-order valence-electron chi connectivity index (χ2n) is 5.79. The molecule has 12 heteroatoms. The van der Waals surface area contributed by atoms with Gasteiger partial charge in [0.15, 0.2) is 0 Å². The maximum absolute atomic E-state index is 13.1. The highest BCUT2D eigenvalue weighted by molar-refractivity contribution is 7.90. The first-order valence-corrected chi connectivity index (χ1v) is 9.30. The molecule has 0 fully saturated rings. The van der Waals surface area contributed by atoms with Gasteiger partial charge in [0.25, 0.3) is 10.0 Å². The third kappa shape index (κ3) is 5.25. The van der Waals surface area contributed by atoms with E-state index in [2.05, 4.69) is 9.13 Å². The highest BCUT2D eigenvalue weighted by Gasteiger charge is 2.31. The van der Waals surface area contributed by atoms with Gasteiger partial charge in [0.2, 0.25) is 5.75 Å². The Morgan fingerprint density at radius 2 is 1.86 bits per heavy atom. The maximum Gasteiger partial charge on any atom is 0.338 e. The normalized spacial score (nSPS) is 11.3. The molecule has 0 aliphatic rings. The average molecular weight is 425 g/mol. The lowest BCUT2D eigenvalue weighted by molar-refractivity contribution is -0.385. The Labute approximate surface area is 165 Å². The number of hydrogen-bond acceptors (Lipinski definition) is 7. The van der Waals surface area contributed by atoms with E-state index in [0.29, 0.717) is 0 Å². The lowest BCUT2D eigenvalue weighted by atomic mass is 10.2. The van der Waals surface area contributed by atoms with Crippen LogP contribution in [-0.2, 0) is 14.8 Å². The number of sulfonamides is 1. The molecule has 29 heavy (non-hydrogen) atoms. The first kappa shape index (κ1) is 21.8. The number of esters is 1. The van der Waals surface area contributed by atoms with Gasteiger partial charge in [0, 0.05) is 20.2 Å². The summed E-state index contributed by atoms with van der Waals surface area (Å²) in [6.45, 7) is 0. The van der Waals surface area contributed by atoms with Gasteiger partial charge in [-0.25, -0.2) is 9.18 Å². The zero-order valence-corrected chi connectivity index (χ0v) is 16.3. The minimum absolute atomic E-state index is 0.0617. The number of nitro groups is 1. The van der Waals surface area contributed by atoms with Crippen molar-refractivity contribution in [1.29, 1.82) is 0 Å². The zero-order chi connectivity index (χ0) is 21.8. The van der Waals surface area contributed by atoms with Crippen LogP contribution in [0.15, 0.2) is 45.7 Å². The molecule has 0 aliphatic heterocycles. The van der Waals surface area contributed by atoms with Gasteiger partial charge in [-0.3, -0.25) is 10.1 Å². The SMILES string of the molecule is COC(=O)c1cc([N+](=O)[O-])c(Oc2ccc(F)cc2)c(S(=O)(=O)/N=C/N(C)C)c1. The van der Waals surface area contributed by atoms with Crippen LogP contribution in [-0.4, -0.2) is 51.8 Å². The Kier molecular flexibility index (Phi) is 6.49. The number of nitrogens with zero attached hydrogens (tertiary/aromatic N) is 3. The Balaban J connectivity index is 2.78. The summed E-state index contributed by atoms with van der Waals surface area (Å²) in [4.78, 5) is 23.1. The number of nitro benzene ring substituents is 1. The van der Waals surface area contributed by atoms with Crippen molar-refractivity contribution in [1.82, 2.24) is 4.90 Å². The van der Waals surface area contributed by atoms with E-state index in [1.165, 1.54) is 19.0 Å². The highest BCUT2D eigenvalue weighted by Crippen LogP contribution is 2.39. The van der Waals surface area contributed by atoms with E-state index in [1.54, 1.807) is 0 Å². The number of ether oxygens (including phenoxy) is 2. The van der Waals surface area contributed by atoms with Gasteiger partial charge in [0.1, 0.15) is 22.8 Å². The zero-order valence-electron chi connectivity index (χ0n) is 15.5. The first-order chi connectivity index (χ1) is 13.5. The molecule has 0 aromatic heterocycles. The molecule has 0 atom stereocenters. The molecule has 10 nitrogen and oxygen atoms in total. The summed E-state index contributed by atoms with van der Waals surface area (Å²) in [7, 11) is -0.449. The molecule has 0 aliphatic carbocycles. The topological polar surface area (TPSA) is 128 Å². The van der Waals surface area contributed by atoms with Crippen molar-refractivity contribution in [3.8, 4) is 11.5 Å². The van der Waals surface area contributed by atoms with Crippen molar-refractivity contribution in [2.75, 3.05) is 21.2 Å². The molecule has 0 radical (unpaired) electrons. The van der Waals surface area contributed by atoms with E-state index >= 15 is 0 Å². The van der Waals surface area contributed by atoms with Crippen LogP contribution < -0.4 is 4.74 Å². The number of halogens is 1. The summed E-state index contributed by atoms with van der Waals surface area (Å²) in [5.74, 6) is -2.32. The third-order valence-electron chi connectivity index (χ3n) is 3.38. The number of methoxy groups -OCH3 is 1. The molecule has 0 saturated heterocycles. The van der Waals surface area contributed by atoms with Crippen LogP contribution in [0, 0.1) is 15.9 Å². The fraction of sp³-hybridized carbons (Fsp3) is 0.176. The van der Waals surface area contributed by atoms with Gasteiger partial charge in [-0.05, 0) is 30.3 Å². The van der Waals surface area contributed by atoms with Gasteiger partial charge < -0.3 is 14.4 Å². The molecule has 0 heterocycles. The number of hydrogen-bond donors (Lipinski definition) is 0. The Hall–Kier alpha value is -3.54. The minimum atomic E-state index is -4.52. The van der Waals surface area contributed by atoms with E-state index in [0.717, 1.165) is 49.8 Å². The molecule has 2 aromatic carbocycles. The molecule has 2 rings (SSSR count). The van der Waals surface area contributed by atoms with E-state index < -0.39 is 43.1 Å². The lowest BCUT2D eigenvalue weighted by Crippen LogP contribution is -2.12. The van der Waals surface area contributed by atoms with Crippen molar-refractivity contribution in [2.45, 2.75) is 4.90 Å². The molecule has 154 valence electrons. The molecule has 0 spiro atoms. The monoisotopic (exact) mass is 425 g/mol. The van der Waals surface area contributed by atoms with E-state index in [1.807, 2.05) is 0 Å². The summed E-state index contributed by atoms with van der Waals surface area (Å²) in [6, 6.07) is 6.06. The lowest BCUT2D eigenvalue weighted by Gasteiger charge is -2.12. The van der Waals surface area contributed by atoms with Gasteiger partial charge >= 0.3 is 11.7 Å². The molecular weight excluding hydrogens is 409 g/mol. The van der Waals surface area contributed by atoms with Crippen LogP contribution in [0.2, 0.25) is 0 Å². The van der Waals surface area contributed by atoms with Gasteiger partial charge in [-0.15, -0.1) is 4.40 Å². The molecule has 2 aromatic rings. The van der Waals surface area contributed by atoms with Crippen LogP contribution in [0.3, 0.4) is 0 Å². The summed E-state index contributed by atoms with van der Waals surface area (Å²) in [5.41, 5.74) is -1.19. The molecule has 0 unspecified atom stereocenters.